The molecule has 6 heteroatoms. The number of nitrogens with zero attached hydrogens (tertiary/aromatic N) is 1. The second kappa shape index (κ2) is 8.07. The number of benzene rings is 2. The molecule has 132 valence electrons. The Labute approximate surface area is 151 Å². The number of ether oxygens (including phenoxy) is 1. The molecule has 0 saturated heterocycles. The Hall–Kier alpha value is -2.47. The minimum absolute atomic E-state index is 0.130. The van der Waals surface area contributed by atoms with Crippen LogP contribution in [0.1, 0.15) is 21.5 Å². The number of aliphatic carboxylic acids is 1. The third-order valence-corrected chi connectivity index (χ3v) is 4.52. The standard InChI is InChI=1S/C19H21NO4S/c1-12-8-14(9-13(2)18(12)24-11-17(21)22)19(23)20(3)15-6-5-7-16(10-15)25-4/h5-10H,11H2,1-4H3,(H,21,22). The number of thioether (sulfide) groups is 1. The normalized spacial score (nSPS) is 10.4. The maximum absolute atomic E-state index is 12.8. The number of carbonyl (C=O) groups excluding carboxylic acids is 1. The molecule has 0 atom stereocenters. The SMILES string of the molecule is CSc1cccc(N(C)C(=O)c2cc(C)c(OCC(=O)O)c(C)c2)c1. The zero-order chi connectivity index (χ0) is 18.6. The lowest BCUT2D eigenvalue weighted by Crippen LogP contribution is -2.26. The van der Waals surface area contributed by atoms with E-state index in [0.29, 0.717) is 11.3 Å². The van der Waals surface area contributed by atoms with Crippen LogP contribution in [0.25, 0.3) is 0 Å². The van der Waals surface area contributed by atoms with Crippen molar-refractivity contribution in [3.8, 4) is 5.75 Å². The third kappa shape index (κ3) is 4.54. The zero-order valence-electron chi connectivity index (χ0n) is 14.7. The Morgan fingerprint density at radius 2 is 1.80 bits per heavy atom. The van der Waals surface area contributed by atoms with Gasteiger partial charge in [-0.3, -0.25) is 4.79 Å². The van der Waals surface area contributed by atoms with Crippen molar-refractivity contribution in [3.63, 3.8) is 0 Å². The molecule has 0 unspecified atom stereocenters. The molecule has 0 aliphatic heterocycles. The van der Waals surface area contributed by atoms with Crippen LogP contribution in [0.3, 0.4) is 0 Å². The first-order chi connectivity index (χ1) is 11.8. The molecule has 0 aromatic heterocycles. The van der Waals surface area contributed by atoms with Crippen LogP contribution in [0.5, 0.6) is 5.75 Å². The molecule has 0 aliphatic carbocycles. The average Bonchev–Trinajstić information content (AvgIpc) is 2.59. The summed E-state index contributed by atoms with van der Waals surface area (Å²) >= 11 is 1.62. The van der Waals surface area contributed by atoms with Crippen molar-refractivity contribution in [1.82, 2.24) is 0 Å². The van der Waals surface area contributed by atoms with Crippen molar-refractivity contribution < 1.29 is 19.4 Å². The van der Waals surface area contributed by atoms with E-state index in [2.05, 4.69) is 0 Å². The molecule has 0 aliphatic rings. The maximum atomic E-state index is 12.8. The minimum atomic E-state index is -1.03. The first-order valence-corrected chi connectivity index (χ1v) is 8.94. The number of hydrogen-bond acceptors (Lipinski definition) is 4. The Kier molecular flexibility index (Phi) is 6.09. The summed E-state index contributed by atoms with van der Waals surface area (Å²) in [7, 11) is 1.74. The lowest BCUT2D eigenvalue weighted by Gasteiger charge is -2.19. The Morgan fingerprint density at radius 1 is 1.16 bits per heavy atom. The second-order valence-electron chi connectivity index (χ2n) is 5.69. The monoisotopic (exact) mass is 359 g/mol. The lowest BCUT2D eigenvalue weighted by atomic mass is 10.0. The van der Waals surface area contributed by atoms with Crippen LogP contribution < -0.4 is 9.64 Å². The highest BCUT2D eigenvalue weighted by Crippen LogP contribution is 2.27. The topological polar surface area (TPSA) is 66.8 Å². The van der Waals surface area contributed by atoms with Gasteiger partial charge >= 0.3 is 5.97 Å². The van der Waals surface area contributed by atoms with Gasteiger partial charge in [-0.25, -0.2) is 4.79 Å². The van der Waals surface area contributed by atoms with E-state index >= 15 is 0 Å². The Morgan fingerprint density at radius 3 is 2.36 bits per heavy atom. The number of aryl methyl sites for hydroxylation is 2. The van der Waals surface area contributed by atoms with E-state index in [1.54, 1.807) is 49.7 Å². The summed E-state index contributed by atoms with van der Waals surface area (Å²) in [6, 6.07) is 11.2. The molecule has 2 aromatic rings. The molecule has 1 N–H and O–H groups in total. The fourth-order valence-electron chi connectivity index (χ4n) is 2.57. The molecule has 0 spiro atoms. The summed E-state index contributed by atoms with van der Waals surface area (Å²) in [6.07, 6.45) is 1.99. The van der Waals surface area contributed by atoms with Crippen LogP contribution in [0.15, 0.2) is 41.3 Å². The Bertz CT molecular complexity index is 781. The predicted octanol–water partition coefficient (Wildman–Crippen LogP) is 3.77. The molecule has 0 radical (unpaired) electrons. The van der Waals surface area contributed by atoms with Gasteiger partial charge in [0.15, 0.2) is 6.61 Å². The number of hydrogen-bond donors (Lipinski definition) is 1. The lowest BCUT2D eigenvalue weighted by molar-refractivity contribution is -0.139. The summed E-state index contributed by atoms with van der Waals surface area (Å²) in [5, 5.41) is 8.75. The molecule has 5 nitrogen and oxygen atoms in total. The van der Waals surface area contributed by atoms with Crippen molar-refractivity contribution in [2.45, 2.75) is 18.7 Å². The molecule has 1 amide bonds. The maximum Gasteiger partial charge on any atom is 0.341 e. The molecule has 2 aromatic carbocycles. The van der Waals surface area contributed by atoms with E-state index < -0.39 is 12.6 Å². The van der Waals surface area contributed by atoms with E-state index in [1.165, 1.54) is 0 Å². The molecular weight excluding hydrogens is 338 g/mol. The summed E-state index contributed by atoms with van der Waals surface area (Å²) in [5.74, 6) is -0.660. The quantitative estimate of drug-likeness (QED) is 0.796. The fourth-order valence-corrected chi connectivity index (χ4v) is 3.02. The molecular formula is C19H21NO4S. The van der Waals surface area contributed by atoms with Gasteiger partial charge in [-0.05, 0) is 61.6 Å². The van der Waals surface area contributed by atoms with Crippen LogP contribution in [-0.2, 0) is 4.79 Å². The molecule has 0 bridgehead atoms. The van der Waals surface area contributed by atoms with E-state index in [1.807, 2.05) is 30.5 Å². The average molecular weight is 359 g/mol. The molecule has 25 heavy (non-hydrogen) atoms. The zero-order valence-corrected chi connectivity index (χ0v) is 15.5. The number of rotatable bonds is 6. The minimum Gasteiger partial charge on any atom is -0.481 e. The van der Waals surface area contributed by atoms with Crippen LogP contribution in [0.2, 0.25) is 0 Å². The first-order valence-electron chi connectivity index (χ1n) is 7.71. The summed E-state index contributed by atoms with van der Waals surface area (Å²) in [5.41, 5.74) is 2.82. The number of amides is 1. The van der Waals surface area contributed by atoms with Crippen LogP contribution in [0.4, 0.5) is 5.69 Å². The van der Waals surface area contributed by atoms with Gasteiger partial charge in [0.05, 0.1) is 0 Å². The Balaban J connectivity index is 2.28. The number of carboxylic acid groups (broad SMARTS) is 1. The second-order valence-corrected chi connectivity index (χ2v) is 6.57. The van der Waals surface area contributed by atoms with Crippen LogP contribution in [0, 0.1) is 13.8 Å². The largest absolute Gasteiger partial charge is 0.481 e. The van der Waals surface area contributed by atoms with Gasteiger partial charge in [-0.2, -0.15) is 0 Å². The van der Waals surface area contributed by atoms with Gasteiger partial charge in [-0.15, -0.1) is 11.8 Å². The van der Waals surface area contributed by atoms with Crippen molar-refractivity contribution in [2.75, 3.05) is 24.8 Å². The number of carboxylic acids is 1. The summed E-state index contributed by atoms with van der Waals surface area (Å²) < 4.78 is 5.31. The number of carbonyl (C=O) groups is 2. The van der Waals surface area contributed by atoms with Crippen molar-refractivity contribution in [1.29, 1.82) is 0 Å². The highest BCUT2D eigenvalue weighted by molar-refractivity contribution is 7.98. The van der Waals surface area contributed by atoms with Gasteiger partial charge in [0, 0.05) is 23.2 Å². The van der Waals surface area contributed by atoms with E-state index in [-0.39, 0.29) is 5.91 Å². The van der Waals surface area contributed by atoms with Gasteiger partial charge in [-0.1, -0.05) is 6.07 Å². The van der Waals surface area contributed by atoms with Crippen molar-refractivity contribution in [2.24, 2.45) is 0 Å². The van der Waals surface area contributed by atoms with Gasteiger partial charge in [0.2, 0.25) is 0 Å². The van der Waals surface area contributed by atoms with E-state index in [9.17, 15) is 9.59 Å². The molecule has 0 fully saturated rings. The van der Waals surface area contributed by atoms with Gasteiger partial charge < -0.3 is 14.7 Å². The highest BCUT2D eigenvalue weighted by atomic mass is 32.2. The van der Waals surface area contributed by atoms with Gasteiger partial charge in [0.1, 0.15) is 5.75 Å². The van der Waals surface area contributed by atoms with Crippen LogP contribution in [-0.4, -0.2) is 36.9 Å². The first kappa shape index (κ1) is 18.9. The number of anilines is 1. The van der Waals surface area contributed by atoms with Gasteiger partial charge in [0.25, 0.3) is 5.91 Å². The van der Waals surface area contributed by atoms with E-state index in [4.69, 9.17) is 9.84 Å². The third-order valence-electron chi connectivity index (χ3n) is 3.79. The van der Waals surface area contributed by atoms with Crippen molar-refractivity contribution in [3.05, 3.63) is 53.1 Å². The predicted molar refractivity (Wildman–Crippen MR) is 100 cm³/mol. The smallest absolute Gasteiger partial charge is 0.341 e. The highest BCUT2D eigenvalue weighted by Gasteiger charge is 2.17. The molecule has 2 rings (SSSR count). The summed E-state index contributed by atoms with van der Waals surface area (Å²) in [4.78, 5) is 26.2. The fraction of sp³-hybridized carbons (Fsp3) is 0.263. The van der Waals surface area contributed by atoms with Crippen molar-refractivity contribution >= 4 is 29.3 Å². The molecule has 0 saturated carbocycles. The van der Waals surface area contributed by atoms with Crippen LogP contribution >= 0.6 is 11.8 Å². The summed E-state index contributed by atoms with van der Waals surface area (Å²) in [6.45, 7) is 3.20. The molecule has 0 heterocycles. The van der Waals surface area contributed by atoms with E-state index in [0.717, 1.165) is 21.7 Å².